The predicted molar refractivity (Wildman–Crippen MR) is 205 cm³/mol. The molecule has 11 rings (SSSR count). The van der Waals surface area contributed by atoms with Gasteiger partial charge in [-0.1, -0.05) is 146 Å². The van der Waals surface area contributed by atoms with Crippen molar-refractivity contribution in [2.75, 3.05) is 0 Å². The summed E-state index contributed by atoms with van der Waals surface area (Å²) in [6, 6.07) is 62.1. The molecule has 1 aliphatic carbocycles. The van der Waals surface area contributed by atoms with E-state index in [4.69, 9.17) is 14.1 Å². The highest BCUT2D eigenvalue weighted by molar-refractivity contribution is 6.14. The van der Waals surface area contributed by atoms with Gasteiger partial charge in [-0.3, -0.25) is 0 Å². The SMILES string of the molecule is c1ccc(-c2cc(-c3ccccc3)nc(-c3cccc4oc5c6c(ccc5c34)C3(c4ccccc4O6)c4ccccc4-c4ccccc43)c2)cc1. The molecule has 0 N–H and O–H groups in total. The van der Waals surface area contributed by atoms with Gasteiger partial charge in [0, 0.05) is 33.0 Å². The number of furan rings is 1. The highest BCUT2D eigenvalue weighted by atomic mass is 16.5. The fourth-order valence-corrected chi connectivity index (χ4v) is 8.63. The molecule has 0 amide bonds. The van der Waals surface area contributed by atoms with Crippen LogP contribution in [0.1, 0.15) is 22.3 Å². The summed E-state index contributed by atoms with van der Waals surface area (Å²) in [6.07, 6.45) is 0. The largest absolute Gasteiger partial charge is 0.453 e. The van der Waals surface area contributed by atoms with E-state index in [1.54, 1.807) is 0 Å². The molecular formula is C48H29NO2. The van der Waals surface area contributed by atoms with Crippen LogP contribution in [0.5, 0.6) is 11.5 Å². The lowest BCUT2D eigenvalue weighted by Crippen LogP contribution is -2.32. The first-order valence-electron chi connectivity index (χ1n) is 17.4. The Labute approximate surface area is 295 Å². The molecule has 238 valence electrons. The fraction of sp³-hybridized carbons (Fsp3) is 0.0208. The molecule has 0 saturated heterocycles. The second-order valence-electron chi connectivity index (χ2n) is 13.4. The van der Waals surface area contributed by atoms with Crippen molar-refractivity contribution in [1.29, 1.82) is 0 Å². The molecule has 2 aromatic heterocycles. The standard InChI is InChI=1S/C48H29NO2/c1-3-14-30(15-4-1)32-28-41(31-16-5-2-6-17-31)49-42(29-32)35-20-13-25-44-45(35)36-26-27-40-47(46(36)51-44)50-43-24-12-11-23-39(43)48(40)37-21-9-7-18-33(37)34-19-8-10-22-38(34)48/h1-29H. The van der Waals surface area contributed by atoms with E-state index >= 15 is 0 Å². The zero-order valence-electron chi connectivity index (χ0n) is 27.5. The maximum absolute atomic E-state index is 6.93. The molecule has 3 nitrogen and oxygen atoms in total. The average molecular weight is 652 g/mol. The van der Waals surface area contributed by atoms with Gasteiger partial charge in [0.25, 0.3) is 0 Å². The molecule has 1 spiro atoms. The monoisotopic (exact) mass is 651 g/mol. The number of nitrogens with zero attached hydrogens (tertiary/aromatic N) is 1. The van der Waals surface area contributed by atoms with Gasteiger partial charge in [-0.15, -0.1) is 0 Å². The molecule has 9 aromatic rings. The Morgan fingerprint density at radius 1 is 0.431 bits per heavy atom. The highest BCUT2D eigenvalue weighted by Crippen LogP contribution is 2.63. The van der Waals surface area contributed by atoms with Crippen molar-refractivity contribution in [2.45, 2.75) is 5.41 Å². The average Bonchev–Trinajstić information content (AvgIpc) is 3.73. The summed E-state index contributed by atoms with van der Waals surface area (Å²) in [7, 11) is 0. The van der Waals surface area contributed by atoms with E-state index in [2.05, 4.69) is 170 Å². The smallest absolute Gasteiger partial charge is 0.178 e. The number of fused-ring (bicyclic) bond motifs is 13. The third-order valence-corrected chi connectivity index (χ3v) is 10.8. The van der Waals surface area contributed by atoms with Crippen LogP contribution in [0.3, 0.4) is 0 Å². The Morgan fingerprint density at radius 3 is 1.78 bits per heavy atom. The van der Waals surface area contributed by atoms with Crippen LogP contribution >= 0.6 is 0 Å². The molecule has 0 radical (unpaired) electrons. The van der Waals surface area contributed by atoms with Crippen LogP contribution in [-0.2, 0) is 5.41 Å². The predicted octanol–water partition coefficient (Wildman–Crippen LogP) is 12.5. The second kappa shape index (κ2) is 10.6. The maximum atomic E-state index is 6.93. The van der Waals surface area contributed by atoms with E-state index in [1.165, 1.54) is 22.3 Å². The van der Waals surface area contributed by atoms with Gasteiger partial charge in [0.1, 0.15) is 11.3 Å². The lowest BCUT2D eigenvalue weighted by atomic mass is 9.66. The minimum atomic E-state index is -0.552. The zero-order valence-corrected chi connectivity index (χ0v) is 27.5. The topological polar surface area (TPSA) is 35.3 Å². The van der Waals surface area contributed by atoms with Crippen LogP contribution in [0.2, 0.25) is 0 Å². The number of para-hydroxylation sites is 1. The summed E-state index contributed by atoms with van der Waals surface area (Å²) in [6.45, 7) is 0. The van der Waals surface area contributed by atoms with E-state index in [-0.39, 0.29) is 0 Å². The number of benzene rings is 7. The lowest BCUT2D eigenvalue weighted by Gasteiger charge is -2.39. The molecule has 3 heterocycles. The highest BCUT2D eigenvalue weighted by Gasteiger charge is 2.51. The van der Waals surface area contributed by atoms with E-state index in [9.17, 15) is 0 Å². The molecular weight excluding hydrogens is 623 g/mol. The first-order chi connectivity index (χ1) is 25.3. The van der Waals surface area contributed by atoms with Crippen LogP contribution in [0.15, 0.2) is 180 Å². The number of aromatic nitrogens is 1. The van der Waals surface area contributed by atoms with E-state index < -0.39 is 5.41 Å². The quantitative estimate of drug-likeness (QED) is 0.191. The van der Waals surface area contributed by atoms with Gasteiger partial charge in [0.05, 0.1) is 16.8 Å². The Balaban J connectivity index is 1.19. The number of hydrogen-bond donors (Lipinski definition) is 0. The summed E-state index contributed by atoms with van der Waals surface area (Å²) in [4.78, 5) is 5.29. The van der Waals surface area contributed by atoms with Gasteiger partial charge in [0.2, 0.25) is 0 Å². The van der Waals surface area contributed by atoms with Gasteiger partial charge in [-0.05, 0) is 63.7 Å². The molecule has 2 aliphatic rings. The van der Waals surface area contributed by atoms with Crippen molar-refractivity contribution in [2.24, 2.45) is 0 Å². The molecule has 1 aliphatic heterocycles. The summed E-state index contributed by atoms with van der Waals surface area (Å²) >= 11 is 0. The molecule has 0 fully saturated rings. The van der Waals surface area contributed by atoms with Gasteiger partial charge in [-0.2, -0.15) is 0 Å². The molecule has 51 heavy (non-hydrogen) atoms. The Bertz CT molecular complexity index is 2730. The Kier molecular flexibility index (Phi) is 5.88. The Hall–Kier alpha value is -6.71. The van der Waals surface area contributed by atoms with Gasteiger partial charge in [0.15, 0.2) is 11.3 Å². The van der Waals surface area contributed by atoms with Crippen LogP contribution in [0.4, 0.5) is 0 Å². The molecule has 3 heteroatoms. The molecule has 0 unspecified atom stereocenters. The maximum Gasteiger partial charge on any atom is 0.178 e. The molecule has 7 aromatic carbocycles. The molecule has 0 atom stereocenters. The van der Waals surface area contributed by atoms with E-state index in [0.717, 1.165) is 78.2 Å². The number of pyridine rings is 1. The van der Waals surface area contributed by atoms with Crippen molar-refractivity contribution in [3.8, 4) is 56.3 Å². The van der Waals surface area contributed by atoms with E-state index in [0.29, 0.717) is 0 Å². The fourth-order valence-electron chi connectivity index (χ4n) is 8.63. The summed E-state index contributed by atoms with van der Waals surface area (Å²) in [5, 5.41) is 2.03. The minimum absolute atomic E-state index is 0.552. The van der Waals surface area contributed by atoms with Gasteiger partial charge in [-0.25, -0.2) is 4.98 Å². The zero-order chi connectivity index (χ0) is 33.5. The van der Waals surface area contributed by atoms with Crippen molar-refractivity contribution >= 4 is 21.9 Å². The van der Waals surface area contributed by atoms with Crippen LogP contribution in [0.25, 0.3) is 66.7 Å². The number of hydrogen-bond acceptors (Lipinski definition) is 3. The number of rotatable bonds is 3. The summed E-state index contributed by atoms with van der Waals surface area (Å²) in [5.41, 5.74) is 14.4. The minimum Gasteiger partial charge on any atom is -0.453 e. The third-order valence-electron chi connectivity index (χ3n) is 10.8. The van der Waals surface area contributed by atoms with Crippen LogP contribution in [-0.4, -0.2) is 4.98 Å². The van der Waals surface area contributed by atoms with Crippen LogP contribution < -0.4 is 4.74 Å². The Morgan fingerprint density at radius 2 is 1.04 bits per heavy atom. The first kappa shape index (κ1) is 28.2. The first-order valence-corrected chi connectivity index (χ1v) is 17.4. The third kappa shape index (κ3) is 3.92. The van der Waals surface area contributed by atoms with Gasteiger partial charge >= 0.3 is 0 Å². The second-order valence-corrected chi connectivity index (χ2v) is 13.4. The van der Waals surface area contributed by atoms with Gasteiger partial charge < -0.3 is 9.15 Å². The normalized spacial score (nSPS) is 13.4. The summed E-state index contributed by atoms with van der Waals surface area (Å²) in [5.74, 6) is 1.60. The van der Waals surface area contributed by atoms with Crippen molar-refractivity contribution in [3.63, 3.8) is 0 Å². The van der Waals surface area contributed by atoms with Crippen molar-refractivity contribution < 1.29 is 9.15 Å². The van der Waals surface area contributed by atoms with Crippen molar-refractivity contribution in [3.05, 3.63) is 198 Å². The molecule has 0 bridgehead atoms. The van der Waals surface area contributed by atoms with Crippen molar-refractivity contribution in [1.82, 2.24) is 4.98 Å². The molecule has 0 saturated carbocycles. The van der Waals surface area contributed by atoms with E-state index in [1.807, 2.05) is 6.07 Å². The lowest BCUT2D eigenvalue weighted by molar-refractivity contribution is 0.432. The number of ether oxygens (including phenoxy) is 1. The van der Waals surface area contributed by atoms with Crippen LogP contribution in [0, 0.1) is 0 Å². The summed E-state index contributed by atoms with van der Waals surface area (Å²) < 4.78 is 13.8.